The zero-order chi connectivity index (χ0) is 28.4. The topological polar surface area (TPSA) is 120 Å². The van der Waals surface area contributed by atoms with Crippen LogP contribution in [0, 0.1) is 0 Å². The van der Waals surface area contributed by atoms with Crippen molar-refractivity contribution < 1.29 is 19.2 Å². The van der Waals surface area contributed by atoms with E-state index in [1.165, 1.54) is 6.92 Å². The molecular formula is C29H32ClN5O4. The fourth-order valence-corrected chi connectivity index (χ4v) is 3.90. The van der Waals surface area contributed by atoms with Crippen LogP contribution in [-0.4, -0.2) is 49.2 Å². The van der Waals surface area contributed by atoms with Gasteiger partial charge in [-0.2, -0.15) is 0 Å². The SMILES string of the molecule is CC(=O)Nc1cc(CCl)cc(NC(=O)c2ccc(C(=O)Nc3cccc(NC(=O)CCCN(C)C)c3)cc2)c1. The van der Waals surface area contributed by atoms with Crippen molar-refractivity contribution in [3.63, 3.8) is 0 Å². The number of halogens is 1. The van der Waals surface area contributed by atoms with Crippen LogP contribution in [0.2, 0.25) is 0 Å². The second-order valence-electron chi connectivity index (χ2n) is 9.25. The molecule has 3 aromatic rings. The highest BCUT2D eigenvalue weighted by atomic mass is 35.5. The minimum Gasteiger partial charge on any atom is -0.326 e. The maximum atomic E-state index is 12.8. The lowest BCUT2D eigenvalue weighted by molar-refractivity contribution is -0.116. The number of nitrogens with one attached hydrogen (secondary N) is 4. The van der Waals surface area contributed by atoms with Crippen molar-refractivity contribution in [1.29, 1.82) is 0 Å². The summed E-state index contributed by atoms with van der Waals surface area (Å²) in [7, 11) is 3.92. The van der Waals surface area contributed by atoms with E-state index < -0.39 is 0 Å². The number of nitrogens with zero attached hydrogens (tertiary/aromatic N) is 1. The molecule has 0 aliphatic carbocycles. The maximum absolute atomic E-state index is 12.8. The zero-order valence-electron chi connectivity index (χ0n) is 22.1. The molecule has 9 nitrogen and oxygen atoms in total. The minimum absolute atomic E-state index is 0.0880. The normalized spacial score (nSPS) is 10.6. The monoisotopic (exact) mass is 549 g/mol. The number of rotatable bonds is 11. The first kappa shape index (κ1) is 29.3. The van der Waals surface area contributed by atoms with Gasteiger partial charge in [-0.1, -0.05) is 6.07 Å². The van der Waals surface area contributed by atoms with E-state index in [2.05, 4.69) is 21.3 Å². The molecule has 0 heterocycles. The van der Waals surface area contributed by atoms with Crippen molar-refractivity contribution in [3.05, 3.63) is 83.4 Å². The number of hydrogen-bond donors (Lipinski definition) is 4. The molecule has 3 aromatic carbocycles. The van der Waals surface area contributed by atoms with Crippen LogP contribution in [-0.2, 0) is 15.5 Å². The third-order valence-electron chi connectivity index (χ3n) is 5.55. The van der Waals surface area contributed by atoms with Crippen LogP contribution in [0.4, 0.5) is 22.7 Å². The van der Waals surface area contributed by atoms with E-state index in [1.54, 1.807) is 66.7 Å². The summed E-state index contributed by atoms with van der Waals surface area (Å²) < 4.78 is 0. The van der Waals surface area contributed by atoms with Gasteiger partial charge in [0.25, 0.3) is 11.8 Å². The summed E-state index contributed by atoms with van der Waals surface area (Å²) in [6.45, 7) is 2.22. The van der Waals surface area contributed by atoms with Gasteiger partial charge in [-0.05, 0) is 93.3 Å². The highest BCUT2D eigenvalue weighted by Crippen LogP contribution is 2.22. The second kappa shape index (κ2) is 14.1. The van der Waals surface area contributed by atoms with Gasteiger partial charge in [0.05, 0.1) is 0 Å². The Morgan fingerprint density at radius 3 is 1.77 bits per heavy atom. The predicted octanol–water partition coefficient (Wildman–Crippen LogP) is 5.17. The first-order chi connectivity index (χ1) is 18.6. The summed E-state index contributed by atoms with van der Waals surface area (Å²) in [5, 5.41) is 11.1. The average Bonchev–Trinajstić information content (AvgIpc) is 2.88. The van der Waals surface area contributed by atoms with E-state index in [0.717, 1.165) is 18.5 Å². The van der Waals surface area contributed by atoms with Crippen molar-refractivity contribution >= 4 is 58.0 Å². The van der Waals surface area contributed by atoms with Crippen LogP contribution < -0.4 is 21.3 Å². The first-order valence-electron chi connectivity index (χ1n) is 12.4. The Kier molecular flexibility index (Phi) is 10.6. The largest absolute Gasteiger partial charge is 0.326 e. The van der Waals surface area contributed by atoms with E-state index in [0.29, 0.717) is 40.3 Å². The fourth-order valence-electron chi connectivity index (χ4n) is 3.75. The Balaban J connectivity index is 1.60. The fraction of sp³-hybridized carbons (Fsp3) is 0.241. The number of hydrogen-bond acceptors (Lipinski definition) is 5. The van der Waals surface area contributed by atoms with Crippen LogP contribution in [0.3, 0.4) is 0 Å². The Bertz CT molecular complexity index is 1340. The lowest BCUT2D eigenvalue weighted by Gasteiger charge is -2.11. The van der Waals surface area contributed by atoms with Gasteiger partial charge in [0.15, 0.2) is 0 Å². The lowest BCUT2D eigenvalue weighted by atomic mass is 10.1. The third-order valence-corrected chi connectivity index (χ3v) is 5.86. The van der Waals surface area contributed by atoms with E-state index in [4.69, 9.17) is 11.6 Å². The van der Waals surface area contributed by atoms with E-state index >= 15 is 0 Å². The Labute approximate surface area is 232 Å². The number of anilines is 4. The molecule has 0 atom stereocenters. The molecule has 10 heteroatoms. The Morgan fingerprint density at radius 1 is 0.718 bits per heavy atom. The molecule has 39 heavy (non-hydrogen) atoms. The van der Waals surface area contributed by atoms with Gasteiger partial charge in [0.1, 0.15) is 0 Å². The summed E-state index contributed by atoms with van der Waals surface area (Å²) in [5.41, 5.74) is 3.57. The number of carbonyl (C=O) groups is 4. The molecule has 0 bridgehead atoms. The van der Waals surface area contributed by atoms with Crippen LogP contribution in [0.15, 0.2) is 66.7 Å². The smallest absolute Gasteiger partial charge is 0.255 e. The standard InChI is InChI=1S/C29H32ClN5O4/c1-19(36)31-25-14-20(18-30)15-26(17-25)34-29(39)22-11-9-21(10-12-22)28(38)33-24-7-4-6-23(16-24)32-27(37)8-5-13-35(2)3/h4,6-7,9-12,14-17H,5,8,13,18H2,1-3H3,(H,31,36)(H,32,37)(H,33,38)(H,34,39). The molecule has 0 fully saturated rings. The summed E-state index contributed by atoms with van der Waals surface area (Å²) in [6, 6.07) is 18.2. The number of amides is 4. The zero-order valence-corrected chi connectivity index (χ0v) is 22.9. The van der Waals surface area contributed by atoms with Gasteiger partial charge < -0.3 is 26.2 Å². The Hall–Kier alpha value is -4.21. The van der Waals surface area contributed by atoms with Crippen LogP contribution in [0.25, 0.3) is 0 Å². The molecule has 0 saturated heterocycles. The number of benzene rings is 3. The van der Waals surface area contributed by atoms with Crippen LogP contribution in [0.5, 0.6) is 0 Å². The highest BCUT2D eigenvalue weighted by molar-refractivity contribution is 6.17. The molecule has 0 radical (unpaired) electrons. The molecule has 3 rings (SSSR count). The molecular weight excluding hydrogens is 518 g/mol. The van der Waals surface area contributed by atoms with Crippen molar-refractivity contribution in [2.45, 2.75) is 25.6 Å². The summed E-state index contributed by atoms with van der Waals surface area (Å²) in [6.07, 6.45) is 1.16. The van der Waals surface area contributed by atoms with E-state index in [1.807, 2.05) is 19.0 Å². The van der Waals surface area contributed by atoms with Crippen LogP contribution in [0.1, 0.15) is 46.0 Å². The molecule has 0 aromatic heterocycles. The molecule has 204 valence electrons. The average molecular weight is 550 g/mol. The van der Waals surface area contributed by atoms with Gasteiger partial charge >= 0.3 is 0 Å². The third kappa shape index (κ3) is 9.55. The molecule has 4 N–H and O–H groups in total. The second-order valence-corrected chi connectivity index (χ2v) is 9.52. The maximum Gasteiger partial charge on any atom is 0.255 e. The van der Waals surface area contributed by atoms with Crippen LogP contribution >= 0.6 is 11.6 Å². The van der Waals surface area contributed by atoms with Gasteiger partial charge in [-0.25, -0.2) is 0 Å². The molecule has 0 spiro atoms. The number of alkyl halides is 1. The van der Waals surface area contributed by atoms with Gasteiger partial charge in [-0.15, -0.1) is 11.6 Å². The molecule has 4 amide bonds. The van der Waals surface area contributed by atoms with E-state index in [9.17, 15) is 19.2 Å². The quantitative estimate of drug-likeness (QED) is 0.246. The summed E-state index contributed by atoms with van der Waals surface area (Å²) in [5.74, 6) is -0.843. The Morgan fingerprint density at radius 2 is 1.23 bits per heavy atom. The van der Waals surface area contributed by atoms with Gasteiger partial charge in [0, 0.05) is 53.1 Å². The predicted molar refractivity (Wildman–Crippen MR) is 156 cm³/mol. The molecule has 0 saturated carbocycles. The molecule has 0 aliphatic rings. The molecule has 0 unspecified atom stereocenters. The van der Waals surface area contributed by atoms with E-state index in [-0.39, 0.29) is 29.5 Å². The molecule has 0 aliphatic heterocycles. The highest BCUT2D eigenvalue weighted by Gasteiger charge is 2.12. The van der Waals surface area contributed by atoms with Crippen molar-refractivity contribution in [2.75, 3.05) is 41.9 Å². The van der Waals surface area contributed by atoms with Crippen molar-refractivity contribution in [1.82, 2.24) is 4.90 Å². The van der Waals surface area contributed by atoms with Crippen molar-refractivity contribution in [2.24, 2.45) is 0 Å². The van der Waals surface area contributed by atoms with Gasteiger partial charge in [-0.3, -0.25) is 19.2 Å². The number of carbonyl (C=O) groups excluding carboxylic acids is 4. The van der Waals surface area contributed by atoms with Crippen molar-refractivity contribution in [3.8, 4) is 0 Å². The first-order valence-corrected chi connectivity index (χ1v) is 12.9. The minimum atomic E-state index is -0.378. The van der Waals surface area contributed by atoms with Gasteiger partial charge in [0.2, 0.25) is 11.8 Å². The lowest BCUT2D eigenvalue weighted by Crippen LogP contribution is -2.17. The summed E-state index contributed by atoms with van der Waals surface area (Å²) in [4.78, 5) is 51.1. The summed E-state index contributed by atoms with van der Waals surface area (Å²) >= 11 is 5.94.